The zero-order chi connectivity index (χ0) is 13.6. The minimum absolute atomic E-state index is 0.000590. The average Bonchev–Trinajstić information content (AvgIpc) is 2.93. The molecular formula is C9H6F3N7. The van der Waals surface area contributed by atoms with Gasteiger partial charge >= 0.3 is 6.18 Å². The summed E-state index contributed by atoms with van der Waals surface area (Å²) >= 11 is 0. The average molecular weight is 269 g/mol. The van der Waals surface area contributed by atoms with E-state index in [0.717, 1.165) is 10.6 Å². The van der Waals surface area contributed by atoms with Crippen LogP contribution >= 0.6 is 0 Å². The van der Waals surface area contributed by atoms with Crippen LogP contribution in [0.2, 0.25) is 0 Å². The van der Waals surface area contributed by atoms with E-state index in [1.807, 2.05) is 0 Å². The number of fused-ring (bicyclic) bond motifs is 1. The Kier molecular flexibility index (Phi) is 2.21. The van der Waals surface area contributed by atoms with Gasteiger partial charge in [0.1, 0.15) is 11.8 Å². The van der Waals surface area contributed by atoms with Gasteiger partial charge in [0.05, 0.1) is 0 Å². The van der Waals surface area contributed by atoms with Crippen molar-refractivity contribution in [1.82, 2.24) is 29.4 Å². The summed E-state index contributed by atoms with van der Waals surface area (Å²) < 4.78 is 40.1. The molecule has 0 amide bonds. The Hall–Kier alpha value is -2.65. The number of anilines is 1. The number of alkyl halides is 3. The predicted molar refractivity (Wildman–Crippen MR) is 57.3 cm³/mol. The quantitative estimate of drug-likeness (QED) is 0.709. The third-order valence-electron chi connectivity index (χ3n) is 2.39. The lowest BCUT2D eigenvalue weighted by molar-refractivity contribution is -0.141. The van der Waals surface area contributed by atoms with E-state index in [4.69, 9.17) is 5.73 Å². The van der Waals surface area contributed by atoms with Crippen molar-refractivity contribution in [3.63, 3.8) is 0 Å². The summed E-state index contributed by atoms with van der Waals surface area (Å²) in [4.78, 5) is 7.66. The van der Waals surface area contributed by atoms with Gasteiger partial charge in [0, 0.05) is 18.5 Å². The highest BCUT2D eigenvalue weighted by Gasteiger charge is 2.34. The fraction of sp³-hybridized carbons (Fsp3) is 0.111. The van der Waals surface area contributed by atoms with Crippen LogP contribution in [-0.2, 0) is 6.18 Å². The maximum atomic E-state index is 12.6. The fourth-order valence-electron chi connectivity index (χ4n) is 1.60. The van der Waals surface area contributed by atoms with E-state index >= 15 is 0 Å². The molecule has 0 spiro atoms. The van der Waals surface area contributed by atoms with Gasteiger partial charge in [-0.05, 0) is 0 Å². The number of aromatic nitrogens is 6. The summed E-state index contributed by atoms with van der Waals surface area (Å²) in [6.45, 7) is 0. The first-order chi connectivity index (χ1) is 8.95. The minimum Gasteiger partial charge on any atom is -0.366 e. The summed E-state index contributed by atoms with van der Waals surface area (Å²) in [5.74, 6) is 0.161. The normalized spacial score (nSPS) is 12.2. The highest BCUT2D eigenvalue weighted by atomic mass is 19.4. The molecular weight excluding hydrogens is 263 g/mol. The van der Waals surface area contributed by atoms with Crippen LogP contribution in [0.25, 0.3) is 11.3 Å². The first kappa shape index (κ1) is 11.4. The van der Waals surface area contributed by atoms with Crippen LogP contribution < -0.4 is 5.73 Å². The molecule has 10 heteroatoms. The van der Waals surface area contributed by atoms with Gasteiger partial charge in [-0.25, -0.2) is 14.5 Å². The summed E-state index contributed by atoms with van der Waals surface area (Å²) in [5, 5.41) is 7.24. The second-order valence-corrected chi connectivity index (χ2v) is 3.66. The Morgan fingerprint density at radius 3 is 2.58 bits per heavy atom. The highest BCUT2D eigenvalue weighted by Crippen LogP contribution is 2.29. The number of halogens is 3. The smallest absolute Gasteiger partial charge is 0.366 e. The molecule has 0 bridgehead atoms. The molecule has 0 aliphatic rings. The van der Waals surface area contributed by atoms with Crippen LogP contribution in [0, 0.1) is 0 Å². The molecule has 3 rings (SSSR count). The molecule has 98 valence electrons. The molecule has 7 nitrogen and oxygen atoms in total. The van der Waals surface area contributed by atoms with Gasteiger partial charge in [-0.1, -0.05) is 0 Å². The number of nitrogens with zero attached hydrogens (tertiary/aromatic N) is 6. The van der Waals surface area contributed by atoms with Crippen molar-refractivity contribution < 1.29 is 13.2 Å². The second-order valence-electron chi connectivity index (χ2n) is 3.66. The monoisotopic (exact) mass is 269 g/mol. The van der Waals surface area contributed by atoms with E-state index in [9.17, 15) is 13.2 Å². The van der Waals surface area contributed by atoms with E-state index in [1.165, 1.54) is 23.4 Å². The van der Waals surface area contributed by atoms with Gasteiger partial charge in [0.15, 0.2) is 11.5 Å². The molecule has 3 aromatic heterocycles. The van der Waals surface area contributed by atoms with Crippen molar-refractivity contribution in [3.05, 3.63) is 30.5 Å². The molecule has 3 heterocycles. The largest absolute Gasteiger partial charge is 0.435 e. The number of nitrogen functional groups attached to an aromatic ring is 1. The van der Waals surface area contributed by atoms with Crippen molar-refractivity contribution in [3.8, 4) is 5.82 Å². The maximum Gasteiger partial charge on any atom is 0.435 e. The van der Waals surface area contributed by atoms with Crippen LogP contribution in [0.4, 0.5) is 19.1 Å². The third-order valence-corrected chi connectivity index (χ3v) is 2.39. The Morgan fingerprint density at radius 1 is 1.16 bits per heavy atom. The molecule has 3 aromatic rings. The van der Waals surface area contributed by atoms with Crippen LogP contribution in [0.3, 0.4) is 0 Å². The molecule has 0 unspecified atom stereocenters. The van der Waals surface area contributed by atoms with Gasteiger partial charge in [0.2, 0.25) is 5.95 Å². The van der Waals surface area contributed by atoms with Crippen molar-refractivity contribution in [1.29, 1.82) is 0 Å². The molecule has 0 aliphatic carbocycles. The van der Waals surface area contributed by atoms with Gasteiger partial charge < -0.3 is 5.73 Å². The molecule has 0 atom stereocenters. The predicted octanol–water partition coefficient (Wildman–Crippen LogP) is 0.911. The number of nitrogens with two attached hydrogens (primary N) is 1. The van der Waals surface area contributed by atoms with Crippen LogP contribution in [0.5, 0.6) is 0 Å². The third kappa shape index (κ3) is 1.86. The molecule has 0 saturated carbocycles. The van der Waals surface area contributed by atoms with Crippen LogP contribution in [-0.4, -0.2) is 29.4 Å². The number of hydrogen-bond acceptors (Lipinski definition) is 5. The second kappa shape index (κ2) is 3.67. The lowest BCUT2D eigenvalue weighted by Gasteiger charge is -2.00. The molecule has 0 aromatic carbocycles. The van der Waals surface area contributed by atoms with E-state index in [0.29, 0.717) is 0 Å². The van der Waals surface area contributed by atoms with Gasteiger partial charge in [0.25, 0.3) is 0 Å². The highest BCUT2D eigenvalue weighted by molar-refractivity contribution is 5.60. The number of rotatable bonds is 1. The zero-order valence-corrected chi connectivity index (χ0v) is 9.20. The maximum absolute atomic E-state index is 12.6. The molecule has 0 aliphatic heterocycles. The van der Waals surface area contributed by atoms with Crippen LogP contribution in [0.15, 0.2) is 24.8 Å². The van der Waals surface area contributed by atoms with Gasteiger partial charge in [-0.2, -0.15) is 23.0 Å². The first-order valence-electron chi connectivity index (χ1n) is 5.04. The Morgan fingerprint density at radius 2 is 1.95 bits per heavy atom. The Bertz CT molecular complexity index is 742. The molecule has 0 saturated heterocycles. The topological polar surface area (TPSA) is 86.9 Å². The minimum atomic E-state index is -4.52. The standard InChI is InChI=1S/C9H6F3N7/c10-9(11,12)6-3-5-7(14-1-2-18(5)16-6)19-4-15-8(13)17-19/h1-4H,(H2,13,17). The lowest BCUT2D eigenvalue weighted by atomic mass is 10.4. The van der Waals surface area contributed by atoms with Crippen molar-refractivity contribution in [2.75, 3.05) is 5.73 Å². The van der Waals surface area contributed by atoms with E-state index in [2.05, 4.69) is 20.2 Å². The van der Waals surface area contributed by atoms with Gasteiger partial charge in [-0.3, -0.25) is 0 Å². The fourth-order valence-corrected chi connectivity index (χ4v) is 1.60. The summed E-state index contributed by atoms with van der Waals surface area (Å²) in [6, 6.07) is 0.889. The lowest BCUT2D eigenvalue weighted by Crippen LogP contribution is -2.05. The molecule has 19 heavy (non-hydrogen) atoms. The number of hydrogen-bond donors (Lipinski definition) is 1. The Balaban J connectivity index is 2.23. The zero-order valence-electron chi connectivity index (χ0n) is 9.20. The van der Waals surface area contributed by atoms with E-state index in [-0.39, 0.29) is 17.3 Å². The summed E-state index contributed by atoms with van der Waals surface area (Å²) in [6.07, 6.45) is -0.635. The van der Waals surface area contributed by atoms with Crippen molar-refractivity contribution >= 4 is 11.5 Å². The first-order valence-corrected chi connectivity index (χ1v) is 5.04. The Labute approximate surface area is 103 Å². The van der Waals surface area contributed by atoms with Crippen molar-refractivity contribution in [2.45, 2.75) is 6.18 Å². The molecule has 0 fully saturated rings. The molecule has 2 N–H and O–H groups in total. The van der Waals surface area contributed by atoms with Crippen LogP contribution in [0.1, 0.15) is 5.69 Å². The summed E-state index contributed by atoms with van der Waals surface area (Å²) in [7, 11) is 0. The van der Waals surface area contributed by atoms with Gasteiger partial charge in [-0.15, -0.1) is 5.10 Å². The van der Waals surface area contributed by atoms with E-state index < -0.39 is 11.9 Å². The molecule has 0 radical (unpaired) electrons. The SMILES string of the molecule is Nc1ncn(-c2nccn3nc(C(F)(F)F)cc23)n1. The van der Waals surface area contributed by atoms with E-state index in [1.54, 1.807) is 0 Å². The summed E-state index contributed by atoms with van der Waals surface area (Å²) in [5.41, 5.74) is 4.51. The van der Waals surface area contributed by atoms with Crippen molar-refractivity contribution in [2.24, 2.45) is 0 Å².